The molecule has 1 fully saturated rings. The predicted octanol–water partition coefficient (Wildman–Crippen LogP) is 5.77. The Kier molecular flexibility index (Phi) is 20.7. The quantitative estimate of drug-likeness (QED) is 0.0335. The number of aromatic nitrogens is 5. The lowest BCUT2D eigenvalue weighted by Crippen LogP contribution is -2.44. The fourth-order valence-corrected chi connectivity index (χ4v) is 13.7. The second kappa shape index (κ2) is 28.5. The van der Waals surface area contributed by atoms with Gasteiger partial charge in [0.25, 0.3) is 17.4 Å². The number of aliphatic hydroxyl groups is 1. The van der Waals surface area contributed by atoms with Gasteiger partial charge in [-0.2, -0.15) is 0 Å². The summed E-state index contributed by atoms with van der Waals surface area (Å²) in [4.78, 5) is 113. The molecule has 3 aliphatic heterocycles. The van der Waals surface area contributed by atoms with Crippen LogP contribution in [0.2, 0.25) is 0 Å². The van der Waals surface area contributed by atoms with Gasteiger partial charge < -0.3 is 39.8 Å². The molecule has 24 nitrogen and oxygen atoms in total. The third-order valence-corrected chi connectivity index (χ3v) is 19.7. The van der Waals surface area contributed by atoms with E-state index in [0.717, 1.165) is 48.1 Å². The summed E-state index contributed by atoms with van der Waals surface area (Å²) in [5.74, 6) is -3.12. The molecule has 0 saturated heterocycles. The lowest BCUT2D eigenvalue weighted by atomic mass is 9.81. The summed E-state index contributed by atoms with van der Waals surface area (Å²) in [7, 11) is -3.57. The Morgan fingerprint density at radius 3 is 2.40 bits per heavy atom. The average Bonchev–Trinajstić information content (AvgIpc) is 1.60. The van der Waals surface area contributed by atoms with E-state index in [-0.39, 0.29) is 110 Å². The van der Waals surface area contributed by atoms with E-state index in [2.05, 4.69) is 32.8 Å². The molecule has 0 spiro atoms. The fraction of sp³-hybridized carbons (Fsp3) is 0.507. The third-order valence-electron chi connectivity index (χ3n) is 18.7. The van der Waals surface area contributed by atoms with Gasteiger partial charge in [-0.25, -0.2) is 22.6 Å². The van der Waals surface area contributed by atoms with Crippen LogP contribution < -0.4 is 21.5 Å². The van der Waals surface area contributed by atoms with Crippen LogP contribution in [0, 0.1) is 30.5 Å². The number of imide groups is 1. The Labute approximate surface area is 538 Å². The Balaban J connectivity index is 0.669. The van der Waals surface area contributed by atoms with Crippen molar-refractivity contribution in [2.45, 2.75) is 162 Å². The van der Waals surface area contributed by atoms with Gasteiger partial charge in [0.15, 0.2) is 5.78 Å². The number of carbonyl (C=O) groups excluding carboxylic acids is 7. The maximum Gasteiger partial charge on any atom is 0.411 e. The van der Waals surface area contributed by atoms with Gasteiger partial charge in [0.1, 0.15) is 59.3 Å². The highest BCUT2D eigenvalue weighted by molar-refractivity contribution is 7.90. The SMILES string of the molecule is C=C1OCc2c(cc3n(c2=O)Cc2c-3nc3cc(F)c(C)c4c3c2[C@@H](NC(=O)COCN(CCS(C)(=O)=O)C(=O)OCc2ccc(CC(=O)[C@H](C)NC(=O)[C@@H](CC(=O)CCCn3cc(CNC5CCC(CN6C(=O)C=CC6=O)CC5)nn3)C(C)C)cc2)CC4)[C@@]1(O)CC. The number of sulfone groups is 1. The Morgan fingerprint density at radius 2 is 1.70 bits per heavy atom. The van der Waals surface area contributed by atoms with Gasteiger partial charge in [0.2, 0.25) is 11.8 Å². The van der Waals surface area contributed by atoms with Crippen molar-refractivity contribution in [1.82, 2.24) is 50.3 Å². The molecular formula is C67H81FN10O14S. The third kappa shape index (κ3) is 15.4. The van der Waals surface area contributed by atoms with Crippen LogP contribution >= 0.6 is 0 Å². The molecule has 3 aromatic heterocycles. The minimum absolute atomic E-state index is 0.0133. The topological polar surface area (TPSA) is 310 Å². The monoisotopic (exact) mass is 1300 g/mol. The van der Waals surface area contributed by atoms with E-state index in [4.69, 9.17) is 19.2 Å². The molecule has 0 unspecified atom stereocenters. The molecule has 6 heterocycles. The number of ketones is 2. The summed E-state index contributed by atoms with van der Waals surface area (Å²) in [6.45, 7) is 12.5. The molecule has 2 aromatic carbocycles. The van der Waals surface area contributed by atoms with Gasteiger partial charge in [-0.3, -0.25) is 48.0 Å². The molecule has 496 valence electrons. The standard InChI is InChI=1S/C67H81FN10O14S/c1-8-67(87)41(6)91-35-51-52(67)28-56-63-50(33-77(56)65(51)85)62-54(20-19-48-39(4)53(68)29-55(72-63)61(48)62)71-58(81)36-90-37-75(24-25-93(7,88)89)66(86)92-34-44-13-11-42(12-14-44)26-57(80)40(5)70-64(84)49(38(2)3)27-47(79)10-9-23-76-32-46(73-74-76)30-69-45-17-15-43(16-18-45)31-78-59(82)21-22-60(78)83/h11-14,21-22,28-29,32,38,40,43,45,49,54,69,87H,6,8-10,15-20,23-27,30-31,33-37H2,1-5,7H3,(H,70,84)(H,71,81)/t40-,43?,45?,49-,54-,67+/m0/s1. The minimum Gasteiger partial charge on any atom is -0.490 e. The summed E-state index contributed by atoms with van der Waals surface area (Å²) in [5.41, 5.74) is 4.29. The minimum atomic E-state index is -3.57. The van der Waals surface area contributed by atoms with Crippen molar-refractivity contribution in [3.63, 3.8) is 0 Å². The van der Waals surface area contributed by atoms with Gasteiger partial charge in [0.05, 0.1) is 52.5 Å². The van der Waals surface area contributed by atoms with E-state index in [0.29, 0.717) is 94.6 Å². The van der Waals surface area contributed by atoms with E-state index in [1.165, 1.54) is 23.1 Å². The predicted molar refractivity (Wildman–Crippen MR) is 338 cm³/mol. The molecule has 4 N–H and O–H groups in total. The number of Topliss-reactive ketones (excluding diaryl/α,β-unsaturated/α-hetero) is 2. The number of nitrogens with one attached hydrogen (secondary N) is 3. The van der Waals surface area contributed by atoms with E-state index in [1.54, 1.807) is 60.4 Å². The zero-order chi connectivity index (χ0) is 66.6. The number of aryl methyl sites for hydroxylation is 2. The first kappa shape index (κ1) is 67.6. The van der Waals surface area contributed by atoms with E-state index >= 15 is 4.39 Å². The number of benzene rings is 2. The molecule has 10 rings (SSSR count). The number of rotatable bonds is 28. The maximum absolute atomic E-state index is 15.5. The number of ether oxygens (including phenoxy) is 3. The molecule has 26 heteroatoms. The van der Waals surface area contributed by atoms with E-state index in [9.17, 15) is 51.9 Å². The largest absolute Gasteiger partial charge is 0.490 e. The second-order valence-corrected chi connectivity index (χ2v) is 27.9. The van der Waals surface area contributed by atoms with Crippen LogP contribution in [0.3, 0.4) is 0 Å². The van der Waals surface area contributed by atoms with Crippen molar-refractivity contribution in [3.05, 3.63) is 133 Å². The number of hydrogen-bond donors (Lipinski definition) is 4. The fourth-order valence-electron chi connectivity index (χ4n) is 13.1. The first-order chi connectivity index (χ1) is 44.3. The Bertz CT molecular complexity index is 3970. The number of nitrogens with zero attached hydrogens (tertiary/aromatic N) is 7. The highest BCUT2D eigenvalue weighted by atomic mass is 32.2. The first-order valence-electron chi connectivity index (χ1n) is 31.8. The molecule has 5 aromatic rings. The summed E-state index contributed by atoms with van der Waals surface area (Å²) in [5, 5.41) is 30.2. The molecule has 0 radical (unpaired) electrons. The average molecular weight is 1300 g/mol. The van der Waals surface area contributed by atoms with Crippen LogP contribution in [-0.2, 0) is 104 Å². The van der Waals surface area contributed by atoms with Crippen LogP contribution in [0.4, 0.5) is 9.18 Å². The summed E-state index contributed by atoms with van der Waals surface area (Å²) < 4.78 is 60.3. The molecule has 93 heavy (non-hydrogen) atoms. The first-order valence-corrected chi connectivity index (χ1v) is 33.9. The van der Waals surface area contributed by atoms with Gasteiger partial charge in [-0.05, 0) is 111 Å². The van der Waals surface area contributed by atoms with Gasteiger partial charge in [0, 0.05) is 105 Å². The van der Waals surface area contributed by atoms with Crippen LogP contribution in [0.5, 0.6) is 0 Å². The van der Waals surface area contributed by atoms with E-state index < -0.39 is 76.3 Å². The lowest BCUT2D eigenvalue weighted by Gasteiger charge is -2.35. The van der Waals surface area contributed by atoms with Crippen LogP contribution in [0.1, 0.15) is 142 Å². The van der Waals surface area contributed by atoms with E-state index in [1.807, 2.05) is 20.0 Å². The summed E-state index contributed by atoms with van der Waals surface area (Å²) >= 11 is 0. The molecular weight excluding hydrogens is 1220 g/mol. The van der Waals surface area contributed by atoms with Crippen molar-refractivity contribution >= 4 is 62.0 Å². The highest BCUT2D eigenvalue weighted by Gasteiger charge is 2.43. The smallest absolute Gasteiger partial charge is 0.411 e. The highest BCUT2D eigenvalue weighted by Crippen LogP contribution is 2.47. The molecule has 0 bridgehead atoms. The van der Waals surface area contributed by atoms with Crippen molar-refractivity contribution in [1.29, 1.82) is 0 Å². The van der Waals surface area contributed by atoms with Crippen molar-refractivity contribution in [2.75, 3.05) is 38.4 Å². The van der Waals surface area contributed by atoms with Crippen LogP contribution in [-0.4, -0.2) is 140 Å². The van der Waals surface area contributed by atoms with Crippen molar-refractivity contribution in [3.8, 4) is 11.4 Å². The lowest BCUT2D eigenvalue weighted by molar-refractivity contribution is -0.137. The number of fused-ring (bicyclic) bond motifs is 5. The molecule has 1 saturated carbocycles. The molecule has 2 aliphatic carbocycles. The summed E-state index contributed by atoms with van der Waals surface area (Å²) in [6.07, 6.45) is 9.93. The van der Waals surface area contributed by atoms with Gasteiger partial charge in [-0.1, -0.05) is 56.8 Å². The zero-order valence-corrected chi connectivity index (χ0v) is 54.2. The van der Waals surface area contributed by atoms with Gasteiger partial charge >= 0.3 is 6.09 Å². The summed E-state index contributed by atoms with van der Waals surface area (Å²) in [6, 6.07) is 8.55. The number of pyridine rings is 2. The van der Waals surface area contributed by atoms with Crippen LogP contribution in [0.15, 0.2) is 71.9 Å². The Hall–Kier alpha value is -8.33. The van der Waals surface area contributed by atoms with Crippen molar-refractivity contribution < 1.29 is 65.7 Å². The number of halogens is 1. The second-order valence-electron chi connectivity index (χ2n) is 25.6. The maximum atomic E-state index is 15.5. The molecule has 4 atom stereocenters. The van der Waals surface area contributed by atoms with Crippen LogP contribution in [0.25, 0.3) is 22.3 Å². The zero-order valence-electron chi connectivity index (χ0n) is 53.4. The number of amides is 5. The molecule has 5 amide bonds. The molecule has 5 aliphatic rings. The normalized spacial score (nSPS) is 19.6. The number of carbonyl (C=O) groups is 7. The number of hydrogen-bond acceptors (Lipinski definition) is 18. The van der Waals surface area contributed by atoms with Gasteiger partial charge in [-0.15, -0.1) is 5.10 Å². The van der Waals surface area contributed by atoms with Crippen molar-refractivity contribution in [2.24, 2.45) is 17.8 Å². The Morgan fingerprint density at radius 1 is 0.978 bits per heavy atom.